The lowest BCUT2D eigenvalue weighted by Gasteiger charge is -2.38. The summed E-state index contributed by atoms with van der Waals surface area (Å²) in [5.74, 6) is 0.793. The molecule has 2 aromatic rings. The molecule has 2 fully saturated rings. The van der Waals surface area contributed by atoms with Crippen molar-refractivity contribution in [1.29, 1.82) is 0 Å². The van der Waals surface area contributed by atoms with Gasteiger partial charge in [-0.3, -0.25) is 19.5 Å². The summed E-state index contributed by atoms with van der Waals surface area (Å²) >= 11 is 0. The van der Waals surface area contributed by atoms with Gasteiger partial charge in [0.2, 0.25) is 11.8 Å². The number of carbonyl (C=O) groups is 2. The largest absolute Gasteiger partial charge is 0.353 e. The van der Waals surface area contributed by atoms with Crippen LogP contribution in [0, 0.1) is 0 Å². The average molecular weight is 421 g/mol. The molecule has 8 nitrogen and oxygen atoms in total. The number of piperazine rings is 2. The third-order valence-electron chi connectivity index (χ3n) is 5.77. The van der Waals surface area contributed by atoms with E-state index < -0.39 is 6.04 Å². The standard InChI is InChI=1S/C23H28N6O2/c30-22(29-15-13-28(14-16-29)21-18-24-8-9-25-21)17-20-23(31)26-10-12-27(20)11-4-7-19-5-2-1-3-6-19/h1-9,18,20H,10-17H2,(H,26,31)/b7-4+/t20-/m0/s1. The number of hydrogen-bond donors (Lipinski definition) is 1. The molecule has 0 unspecified atom stereocenters. The van der Waals surface area contributed by atoms with E-state index in [4.69, 9.17) is 0 Å². The molecule has 8 heteroatoms. The summed E-state index contributed by atoms with van der Waals surface area (Å²) in [7, 11) is 0. The van der Waals surface area contributed by atoms with Crippen molar-refractivity contribution in [2.24, 2.45) is 0 Å². The molecular formula is C23H28N6O2. The second-order valence-corrected chi connectivity index (χ2v) is 7.75. The molecule has 162 valence electrons. The van der Waals surface area contributed by atoms with Gasteiger partial charge in [0.25, 0.3) is 0 Å². The lowest BCUT2D eigenvalue weighted by Crippen LogP contribution is -2.57. The van der Waals surface area contributed by atoms with Crippen LogP contribution >= 0.6 is 0 Å². The highest BCUT2D eigenvalue weighted by atomic mass is 16.2. The normalized spacial score (nSPS) is 20.1. The Morgan fingerprint density at radius 3 is 2.65 bits per heavy atom. The average Bonchev–Trinajstić information content (AvgIpc) is 2.82. The fourth-order valence-corrected chi connectivity index (χ4v) is 4.02. The van der Waals surface area contributed by atoms with Crippen molar-refractivity contribution in [1.82, 2.24) is 25.1 Å². The molecule has 2 saturated heterocycles. The summed E-state index contributed by atoms with van der Waals surface area (Å²) in [6.45, 7) is 4.66. The van der Waals surface area contributed by atoms with Gasteiger partial charge in [-0.05, 0) is 5.56 Å². The van der Waals surface area contributed by atoms with Crippen LogP contribution in [0.15, 0.2) is 55.0 Å². The van der Waals surface area contributed by atoms with Crippen molar-refractivity contribution in [3.8, 4) is 0 Å². The maximum atomic E-state index is 13.0. The number of anilines is 1. The molecule has 0 saturated carbocycles. The Morgan fingerprint density at radius 2 is 1.90 bits per heavy atom. The summed E-state index contributed by atoms with van der Waals surface area (Å²) in [6.07, 6.45) is 9.39. The van der Waals surface area contributed by atoms with Crippen LogP contribution in [0.1, 0.15) is 12.0 Å². The predicted molar refractivity (Wildman–Crippen MR) is 119 cm³/mol. The van der Waals surface area contributed by atoms with Crippen molar-refractivity contribution < 1.29 is 9.59 Å². The van der Waals surface area contributed by atoms with Crippen LogP contribution in [-0.4, -0.2) is 83.4 Å². The Hall–Kier alpha value is -3.26. The van der Waals surface area contributed by atoms with Crippen molar-refractivity contribution >= 4 is 23.7 Å². The van der Waals surface area contributed by atoms with E-state index in [0.29, 0.717) is 39.3 Å². The summed E-state index contributed by atoms with van der Waals surface area (Å²) in [6, 6.07) is 9.64. The van der Waals surface area contributed by atoms with Gasteiger partial charge in [0.1, 0.15) is 5.82 Å². The fourth-order valence-electron chi connectivity index (χ4n) is 4.02. The first kappa shape index (κ1) is 21.0. The van der Waals surface area contributed by atoms with Crippen LogP contribution in [0.25, 0.3) is 6.08 Å². The van der Waals surface area contributed by atoms with Crippen LogP contribution in [0.2, 0.25) is 0 Å². The third-order valence-corrected chi connectivity index (χ3v) is 5.77. The first-order chi connectivity index (χ1) is 15.2. The maximum Gasteiger partial charge on any atom is 0.237 e. The highest BCUT2D eigenvalue weighted by Crippen LogP contribution is 2.15. The van der Waals surface area contributed by atoms with Crippen molar-refractivity contribution in [3.63, 3.8) is 0 Å². The topological polar surface area (TPSA) is 81.7 Å². The van der Waals surface area contributed by atoms with Gasteiger partial charge in [0.15, 0.2) is 0 Å². The molecule has 1 atom stereocenters. The number of amides is 2. The quantitative estimate of drug-likeness (QED) is 0.752. The summed E-state index contributed by atoms with van der Waals surface area (Å²) < 4.78 is 0. The molecule has 2 aliphatic rings. The lowest BCUT2D eigenvalue weighted by molar-refractivity contribution is -0.138. The molecule has 0 spiro atoms. The number of rotatable bonds is 6. The van der Waals surface area contributed by atoms with Gasteiger partial charge in [-0.2, -0.15) is 0 Å². The lowest BCUT2D eigenvalue weighted by atomic mass is 10.1. The molecule has 1 N–H and O–H groups in total. The summed E-state index contributed by atoms with van der Waals surface area (Å²) in [4.78, 5) is 40.0. The van der Waals surface area contributed by atoms with Crippen LogP contribution in [-0.2, 0) is 9.59 Å². The molecule has 3 heterocycles. The van der Waals surface area contributed by atoms with E-state index in [1.54, 1.807) is 18.6 Å². The highest BCUT2D eigenvalue weighted by molar-refractivity contribution is 5.89. The fraction of sp³-hybridized carbons (Fsp3) is 0.391. The Morgan fingerprint density at radius 1 is 1.10 bits per heavy atom. The molecule has 2 amide bonds. The SMILES string of the molecule is O=C1NCCN(C/C=C/c2ccccc2)[C@H]1CC(=O)N1CCN(c2cnccn2)CC1. The van der Waals surface area contributed by atoms with Gasteiger partial charge in [-0.15, -0.1) is 0 Å². The van der Waals surface area contributed by atoms with Gasteiger partial charge < -0.3 is 15.1 Å². The molecule has 1 aromatic carbocycles. The van der Waals surface area contributed by atoms with Crippen molar-refractivity contribution in [2.45, 2.75) is 12.5 Å². The highest BCUT2D eigenvalue weighted by Gasteiger charge is 2.33. The number of nitrogens with zero attached hydrogens (tertiary/aromatic N) is 5. The summed E-state index contributed by atoms with van der Waals surface area (Å²) in [5.41, 5.74) is 1.12. The van der Waals surface area contributed by atoms with Gasteiger partial charge in [-0.1, -0.05) is 42.5 Å². The minimum Gasteiger partial charge on any atom is -0.353 e. The number of carbonyl (C=O) groups excluding carboxylic acids is 2. The Kier molecular flexibility index (Phi) is 6.89. The number of nitrogens with one attached hydrogen (secondary N) is 1. The van der Waals surface area contributed by atoms with E-state index in [-0.39, 0.29) is 18.2 Å². The number of hydrogen-bond acceptors (Lipinski definition) is 6. The molecule has 0 bridgehead atoms. The first-order valence-corrected chi connectivity index (χ1v) is 10.7. The number of aromatic nitrogens is 2. The van der Waals surface area contributed by atoms with Crippen molar-refractivity contribution in [2.75, 3.05) is 50.7 Å². The molecule has 1 aromatic heterocycles. The second-order valence-electron chi connectivity index (χ2n) is 7.75. The molecular weight excluding hydrogens is 392 g/mol. The Labute approximate surface area is 182 Å². The zero-order valence-electron chi connectivity index (χ0n) is 17.6. The first-order valence-electron chi connectivity index (χ1n) is 10.7. The van der Waals surface area contributed by atoms with E-state index in [1.807, 2.05) is 35.2 Å². The second kappa shape index (κ2) is 10.2. The van der Waals surface area contributed by atoms with Gasteiger partial charge in [-0.25, -0.2) is 4.98 Å². The molecule has 2 aliphatic heterocycles. The van der Waals surface area contributed by atoms with Crippen LogP contribution in [0.5, 0.6) is 0 Å². The third kappa shape index (κ3) is 5.46. The van der Waals surface area contributed by atoms with E-state index in [1.165, 1.54) is 0 Å². The monoisotopic (exact) mass is 420 g/mol. The van der Waals surface area contributed by atoms with Crippen LogP contribution in [0.4, 0.5) is 5.82 Å². The van der Waals surface area contributed by atoms with Crippen molar-refractivity contribution in [3.05, 3.63) is 60.6 Å². The van der Waals surface area contributed by atoms with Gasteiger partial charge in [0.05, 0.1) is 18.7 Å². The van der Waals surface area contributed by atoms with E-state index in [2.05, 4.69) is 37.2 Å². The Bertz CT molecular complexity index is 897. The van der Waals surface area contributed by atoms with E-state index >= 15 is 0 Å². The zero-order chi connectivity index (χ0) is 21.5. The smallest absolute Gasteiger partial charge is 0.237 e. The Balaban J connectivity index is 1.32. The zero-order valence-corrected chi connectivity index (χ0v) is 17.6. The van der Waals surface area contributed by atoms with Crippen LogP contribution in [0.3, 0.4) is 0 Å². The molecule has 0 radical (unpaired) electrons. The molecule has 4 rings (SSSR count). The minimum absolute atomic E-state index is 0.0258. The van der Waals surface area contributed by atoms with Crippen LogP contribution < -0.4 is 10.2 Å². The molecule has 0 aliphatic carbocycles. The predicted octanol–water partition coefficient (Wildman–Crippen LogP) is 1.03. The van der Waals surface area contributed by atoms with Gasteiger partial charge in [0, 0.05) is 58.2 Å². The minimum atomic E-state index is -0.431. The summed E-state index contributed by atoms with van der Waals surface area (Å²) in [5, 5.41) is 2.91. The van der Waals surface area contributed by atoms with E-state index in [0.717, 1.165) is 17.9 Å². The molecule has 31 heavy (non-hydrogen) atoms. The van der Waals surface area contributed by atoms with E-state index in [9.17, 15) is 9.59 Å². The number of benzene rings is 1. The van der Waals surface area contributed by atoms with Gasteiger partial charge >= 0.3 is 0 Å². The maximum absolute atomic E-state index is 13.0.